The lowest BCUT2D eigenvalue weighted by Gasteiger charge is -2.42. The second-order valence-electron chi connectivity index (χ2n) is 5.89. The number of ether oxygens (including phenoxy) is 1. The van der Waals surface area contributed by atoms with Crippen LogP contribution in [-0.4, -0.2) is 18.8 Å². The summed E-state index contributed by atoms with van der Waals surface area (Å²) in [6, 6.07) is 8.50. The molecule has 1 saturated carbocycles. The Labute approximate surface area is 124 Å². The molecule has 1 aromatic rings. The molecule has 0 radical (unpaired) electrons. The molecule has 3 heteroatoms. The monoisotopic (exact) mass is 325 g/mol. The summed E-state index contributed by atoms with van der Waals surface area (Å²) in [6.45, 7) is 2.32. The van der Waals surface area contributed by atoms with E-state index in [1.807, 2.05) is 7.11 Å². The number of benzene rings is 1. The number of hydrogen-bond donors (Lipinski definition) is 1. The summed E-state index contributed by atoms with van der Waals surface area (Å²) in [4.78, 5) is 0. The van der Waals surface area contributed by atoms with Crippen molar-refractivity contribution in [2.45, 2.75) is 50.7 Å². The highest BCUT2D eigenvalue weighted by Crippen LogP contribution is 2.37. The first-order valence-corrected chi connectivity index (χ1v) is 7.90. The molecule has 1 aliphatic rings. The third-order valence-corrected chi connectivity index (χ3v) is 5.10. The van der Waals surface area contributed by atoms with Crippen LogP contribution in [0.2, 0.25) is 0 Å². The molecule has 1 fully saturated rings. The molecule has 0 spiro atoms. The van der Waals surface area contributed by atoms with Gasteiger partial charge in [0.05, 0.1) is 5.60 Å². The molecule has 1 aliphatic carbocycles. The van der Waals surface area contributed by atoms with Crippen molar-refractivity contribution in [3.63, 3.8) is 0 Å². The van der Waals surface area contributed by atoms with Crippen LogP contribution in [0.3, 0.4) is 0 Å². The van der Waals surface area contributed by atoms with Crippen LogP contribution in [0.5, 0.6) is 0 Å². The van der Waals surface area contributed by atoms with E-state index in [9.17, 15) is 0 Å². The van der Waals surface area contributed by atoms with Crippen molar-refractivity contribution >= 4 is 15.9 Å². The van der Waals surface area contributed by atoms with Gasteiger partial charge in [0.1, 0.15) is 0 Å². The van der Waals surface area contributed by atoms with E-state index in [1.165, 1.54) is 18.4 Å². The molecule has 2 N–H and O–H groups in total. The Morgan fingerprint density at radius 3 is 2.42 bits per heavy atom. The van der Waals surface area contributed by atoms with Gasteiger partial charge in [0.15, 0.2) is 0 Å². The fourth-order valence-electron chi connectivity index (χ4n) is 3.04. The molecule has 0 bridgehead atoms. The van der Waals surface area contributed by atoms with Gasteiger partial charge in [0, 0.05) is 17.6 Å². The molecule has 106 valence electrons. The van der Waals surface area contributed by atoms with E-state index in [4.69, 9.17) is 10.5 Å². The Kier molecular flexibility index (Phi) is 5.04. The summed E-state index contributed by atoms with van der Waals surface area (Å²) >= 11 is 3.46. The van der Waals surface area contributed by atoms with Gasteiger partial charge in [-0.25, -0.2) is 0 Å². The van der Waals surface area contributed by atoms with Gasteiger partial charge in [-0.15, -0.1) is 0 Å². The van der Waals surface area contributed by atoms with E-state index in [1.54, 1.807) is 0 Å². The van der Waals surface area contributed by atoms with Crippen LogP contribution in [-0.2, 0) is 11.2 Å². The van der Waals surface area contributed by atoms with Crippen LogP contribution < -0.4 is 5.73 Å². The molecule has 0 heterocycles. The van der Waals surface area contributed by atoms with Gasteiger partial charge in [0.2, 0.25) is 0 Å². The summed E-state index contributed by atoms with van der Waals surface area (Å²) in [5.74, 6) is 0.808. The fourth-order valence-corrected chi connectivity index (χ4v) is 3.30. The topological polar surface area (TPSA) is 35.2 Å². The Bertz CT molecular complexity index is 396. The fraction of sp³-hybridized carbons (Fsp3) is 0.625. The third kappa shape index (κ3) is 3.59. The molecular formula is C16H24BrNO. The molecule has 0 amide bonds. The first-order chi connectivity index (χ1) is 9.05. The second-order valence-corrected chi connectivity index (χ2v) is 6.80. The molecule has 1 aromatic carbocycles. The standard InChI is InChI=1S/C16H24BrNO/c1-12-7-9-16(19-2,10-8-12)15(18)11-13-3-5-14(17)6-4-13/h3-6,12,15H,7-11,18H2,1-2H3. The number of methoxy groups -OCH3 is 1. The highest BCUT2D eigenvalue weighted by atomic mass is 79.9. The van der Waals surface area contributed by atoms with Gasteiger partial charge < -0.3 is 10.5 Å². The summed E-state index contributed by atoms with van der Waals surface area (Å²) in [5, 5.41) is 0. The van der Waals surface area contributed by atoms with E-state index >= 15 is 0 Å². The average molecular weight is 326 g/mol. The number of halogens is 1. The zero-order chi connectivity index (χ0) is 13.9. The molecule has 1 atom stereocenters. The van der Waals surface area contributed by atoms with Crippen LogP contribution in [0.1, 0.15) is 38.2 Å². The molecule has 0 aromatic heterocycles. The molecule has 0 aliphatic heterocycles. The lowest BCUT2D eigenvalue weighted by atomic mass is 9.74. The van der Waals surface area contributed by atoms with E-state index in [0.717, 1.165) is 29.7 Å². The average Bonchev–Trinajstić information content (AvgIpc) is 2.42. The smallest absolute Gasteiger partial charge is 0.0832 e. The van der Waals surface area contributed by atoms with Gasteiger partial charge in [-0.1, -0.05) is 35.0 Å². The van der Waals surface area contributed by atoms with Crippen molar-refractivity contribution in [1.82, 2.24) is 0 Å². The molecule has 2 rings (SSSR count). The number of rotatable bonds is 4. The van der Waals surface area contributed by atoms with Crippen molar-refractivity contribution in [1.29, 1.82) is 0 Å². The van der Waals surface area contributed by atoms with E-state index in [2.05, 4.69) is 47.1 Å². The van der Waals surface area contributed by atoms with Crippen LogP contribution in [0.4, 0.5) is 0 Å². The predicted octanol–water partition coefficient (Wildman–Crippen LogP) is 3.91. The first-order valence-electron chi connectivity index (χ1n) is 7.11. The van der Waals surface area contributed by atoms with Crippen LogP contribution >= 0.6 is 15.9 Å². The van der Waals surface area contributed by atoms with Crippen molar-refractivity contribution in [3.8, 4) is 0 Å². The lowest BCUT2D eigenvalue weighted by molar-refractivity contribution is -0.0659. The Balaban J connectivity index is 2.04. The van der Waals surface area contributed by atoms with Gasteiger partial charge in [-0.3, -0.25) is 0 Å². The summed E-state index contributed by atoms with van der Waals surface area (Å²) < 4.78 is 6.96. The van der Waals surface area contributed by atoms with Crippen molar-refractivity contribution in [3.05, 3.63) is 34.3 Å². The minimum Gasteiger partial charge on any atom is -0.377 e. The number of hydrogen-bond acceptors (Lipinski definition) is 2. The lowest BCUT2D eigenvalue weighted by Crippen LogP contribution is -2.52. The molecular weight excluding hydrogens is 302 g/mol. The van der Waals surface area contributed by atoms with Gasteiger partial charge in [-0.2, -0.15) is 0 Å². The van der Waals surface area contributed by atoms with Crippen LogP contribution in [0.25, 0.3) is 0 Å². The van der Waals surface area contributed by atoms with Crippen LogP contribution in [0, 0.1) is 5.92 Å². The van der Waals surface area contributed by atoms with E-state index < -0.39 is 0 Å². The van der Waals surface area contributed by atoms with Crippen molar-refractivity contribution in [2.75, 3.05) is 7.11 Å². The highest BCUT2D eigenvalue weighted by Gasteiger charge is 2.39. The highest BCUT2D eigenvalue weighted by molar-refractivity contribution is 9.10. The second kappa shape index (κ2) is 6.38. The predicted molar refractivity (Wildman–Crippen MR) is 83.2 cm³/mol. The summed E-state index contributed by atoms with van der Waals surface area (Å²) in [7, 11) is 1.82. The minimum atomic E-state index is -0.125. The van der Waals surface area contributed by atoms with Gasteiger partial charge in [-0.05, 0) is 55.7 Å². The molecule has 19 heavy (non-hydrogen) atoms. The summed E-state index contributed by atoms with van der Waals surface area (Å²) in [5.41, 5.74) is 7.63. The zero-order valence-electron chi connectivity index (χ0n) is 11.9. The molecule has 1 unspecified atom stereocenters. The van der Waals surface area contributed by atoms with E-state index in [0.29, 0.717) is 0 Å². The Morgan fingerprint density at radius 1 is 1.32 bits per heavy atom. The Hall–Kier alpha value is -0.380. The maximum absolute atomic E-state index is 6.47. The van der Waals surface area contributed by atoms with Crippen molar-refractivity contribution in [2.24, 2.45) is 11.7 Å². The maximum Gasteiger partial charge on any atom is 0.0832 e. The normalized spacial score (nSPS) is 29.2. The SMILES string of the molecule is COC1(C(N)Cc2ccc(Br)cc2)CCC(C)CC1. The quantitative estimate of drug-likeness (QED) is 0.910. The summed E-state index contributed by atoms with van der Waals surface area (Å²) in [6.07, 6.45) is 5.50. The van der Waals surface area contributed by atoms with Gasteiger partial charge in [0.25, 0.3) is 0 Å². The van der Waals surface area contributed by atoms with Crippen LogP contribution in [0.15, 0.2) is 28.7 Å². The minimum absolute atomic E-state index is 0.0752. The molecule has 0 saturated heterocycles. The zero-order valence-corrected chi connectivity index (χ0v) is 13.4. The Morgan fingerprint density at radius 2 is 1.89 bits per heavy atom. The van der Waals surface area contributed by atoms with E-state index in [-0.39, 0.29) is 11.6 Å². The van der Waals surface area contributed by atoms with Gasteiger partial charge >= 0.3 is 0 Å². The van der Waals surface area contributed by atoms with Crippen molar-refractivity contribution < 1.29 is 4.74 Å². The first kappa shape index (κ1) is 15.0. The number of nitrogens with two attached hydrogens (primary N) is 1. The largest absolute Gasteiger partial charge is 0.377 e. The molecule has 2 nitrogen and oxygen atoms in total. The maximum atomic E-state index is 6.47. The third-order valence-electron chi connectivity index (χ3n) is 4.57.